The van der Waals surface area contributed by atoms with E-state index in [1.165, 1.54) is 173 Å². The average molecular weight is 1380 g/mol. The van der Waals surface area contributed by atoms with Gasteiger partial charge >= 0.3 is 39.5 Å². The fraction of sp³-hybridized carbons (Fsp3) is 0.947. The molecule has 3 N–H and O–H groups in total. The fourth-order valence-electron chi connectivity index (χ4n) is 11.3. The number of carbonyl (C=O) groups is 4. The number of rotatable bonds is 72. The van der Waals surface area contributed by atoms with Crippen molar-refractivity contribution in [2.75, 3.05) is 39.6 Å². The molecule has 0 bridgehead atoms. The molecule has 0 saturated heterocycles. The summed E-state index contributed by atoms with van der Waals surface area (Å²) in [4.78, 5) is 72.7. The molecule has 4 unspecified atom stereocenters. The summed E-state index contributed by atoms with van der Waals surface area (Å²) >= 11 is 0. The number of phosphoric acid groups is 2. The SMILES string of the molecule is CCC(C)CCCCCCCCCCCCCCCCC(=O)O[C@H](COC(=O)CCCCCCCCC(C)C)COP(=O)(O)OC[C@H](O)COP(=O)(O)OC[C@@H](COC(=O)CCCCCCCCCCC(C)CC)OC(=O)CCCCCCCCCCCCCCC(C)C. The lowest BCUT2D eigenvalue weighted by Gasteiger charge is -2.21. The first-order chi connectivity index (χ1) is 45.2. The van der Waals surface area contributed by atoms with E-state index >= 15 is 0 Å². The van der Waals surface area contributed by atoms with Crippen LogP contribution in [0.5, 0.6) is 0 Å². The van der Waals surface area contributed by atoms with Gasteiger partial charge in [-0.15, -0.1) is 0 Å². The molecule has 0 rings (SSSR count). The highest BCUT2D eigenvalue weighted by molar-refractivity contribution is 7.47. The Kier molecular flexibility index (Phi) is 63.1. The van der Waals surface area contributed by atoms with Gasteiger partial charge in [-0.1, -0.05) is 325 Å². The van der Waals surface area contributed by atoms with E-state index in [0.717, 1.165) is 114 Å². The quantitative estimate of drug-likeness (QED) is 0.0222. The van der Waals surface area contributed by atoms with Crippen molar-refractivity contribution in [3.63, 3.8) is 0 Å². The number of aliphatic hydroxyl groups excluding tert-OH is 1. The summed E-state index contributed by atoms with van der Waals surface area (Å²) in [5, 5.41) is 10.6. The molecule has 0 radical (unpaired) electrons. The molecular weight excluding hydrogens is 1230 g/mol. The second-order valence-corrected chi connectivity index (χ2v) is 31.4. The Bertz CT molecular complexity index is 1850. The summed E-state index contributed by atoms with van der Waals surface area (Å²) in [6.45, 7) is 14.2. The Balaban J connectivity index is 5.23. The van der Waals surface area contributed by atoms with Gasteiger partial charge in [0.15, 0.2) is 12.2 Å². The summed E-state index contributed by atoms with van der Waals surface area (Å²) in [5.41, 5.74) is 0. The Morgan fingerprint density at radius 1 is 0.298 bits per heavy atom. The molecule has 0 aromatic carbocycles. The predicted molar refractivity (Wildman–Crippen MR) is 381 cm³/mol. The van der Waals surface area contributed by atoms with Crippen LogP contribution in [0.25, 0.3) is 0 Å². The monoisotopic (exact) mass is 1380 g/mol. The van der Waals surface area contributed by atoms with Gasteiger partial charge in [-0.05, 0) is 49.4 Å². The lowest BCUT2D eigenvalue weighted by Crippen LogP contribution is -2.30. The van der Waals surface area contributed by atoms with E-state index in [0.29, 0.717) is 31.6 Å². The van der Waals surface area contributed by atoms with E-state index in [9.17, 15) is 43.2 Å². The number of ether oxygens (including phenoxy) is 4. The molecule has 0 aromatic rings. The van der Waals surface area contributed by atoms with Gasteiger partial charge in [-0.3, -0.25) is 37.3 Å². The Morgan fingerprint density at radius 2 is 0.511 bits per heavy atom. The zero-order valence-electron chi connectivity index (χ0n) is 61.6. The molecule has 0 spiro atoms. The van der Waals surface area contributed by atoms with Gasteiger partial charge in [0.25, 0.3) is 0 Å². The Morgan fingerprint density at radius 3 is 0.755 bits per heavy atom. The van der Waals surface area contributed by atoms with Crippen molar-refractivity contribution < 1.29 is 80.2 Å². The van der Waals surface area contributed by atoms with E-state index < -0.39 is 97.5 Å². The summed E-state index contributed by atoms with van der Waals surface area (Å²) in [6.07, 6.45) is 48.6. The van der Waals surface area contributed by atoms with Crippen molar-refractivity contribution >= 4 is 39.5 Å². The van der Waals surface area contributed by atoms with Crippen molar-refractivity contribution in [3.05, 3.63) is 0 Å². The van der Waals surface area contributed by atoms with Crippen molar-refractivity contribution in [2.24, 2.45) is 23.7 Å². The van der Waals surface area contributed by atoms with Crippen LogP contribution in [0.4, 0.5) is 0 Å². The van der Waals surface area contributed by atoms with Gasteiger partial charge in [-0.25, -0.2) is 9.13 Å². The molecule has 19 heteroatoms. The summed E-state index contributed by atoms with van der Waals surface area (Å²) in [7, 11) is -9.91. The number of aliphatic hydroxyl groups is 1. The molecule has 17 nitrogen and oxygen atoms in total. The van der Waals surface area contributed by atoms with E-state index in [1.54, 1.807) is 0 Å². The molecule has 0 fully saturated rings. The lowest BCUT2D eigenvalue weighted by atomic mass is 9.99. The highest BCUT2D eigenvalue weighted by Crippen LogP contribution is 2.45. The van der Waals surface area contributed by atoms with Crippen molar-refractivity contribution in [1.82, 2.24) is 0 Å². The number of hydrogen-bond donors (Lipinski definition) is 3. The summed E-state index contributed by atoms with van der Waals surface area (Å²) in [6, 6.07) is 0. The van der Waals surface area contributed by atoms with E-state index in [-0.39, 0.29) is 25.7 Å². The standard InChI is InChI=1S/C75H146O17P2/c1-9-67(7)53-45-37-28-22-18-13-11-12-14-19-23-31-41-49-57-75(80)92-71(62-86-73(78)56-48-40-34-33-36-44-52-66(5)6)64-90-94(83,84)88-60-69(76)59-87-93(81,82)89-63-70(61-85-72(77)55-47-39-30-26-25-29-38-46-54-68(8)10-2)91-74(79)58-50-42-32-24-20-16-15-17-21-27-35-43-51-65(3)4/h65-71,76H,9-64H2,1-8H3,(H,81,82)(H,83,84)/t67?,68?,69-,70-,71-/m1/s1. The topological polar surface area (TPSA) is 237 Å². The molecule has 0 aliphatic heterocycles. The van der Waals surface area contributed by atoms with Crippen LogP contribution in [-0.2, 0) is 65.4 Å². The smallest absolute Gasteiger partial charge is 0.462 e. The van der Waals surface area contributed by atoms with Gasteiger partial charge in [0, 0.05) is 25.7 Å². The maximum absolute atomic E-state index is 13.1. The van der Waals surface area contributed by atoms with Crippen LogP contribution in [0.1, 0.15) is 376 Å². The predicted octanol–water partition coefficient (Wildman–Crippen LogP) is 21.7. The molecule has 0 aliphatic carbocycles. The first-order valence-corrected chi connectivity index (χ1v) is 41.8. The first kappa shape index (κ1) is 92.1. The van der Waals surface area contributed by atoms with Crippen LogP contribution in [0.15, 0.2) is 0 Å². The normalized spacial score (nSPS) is 14.7. The van der Waals surface area contributed by atoms with Crippen LogP contribution in [-0.4, -0.2) is 96.7 Å². The van der Waals surface area contributed by atoms with Gasteiger partial charge in [0.1, 0.15) is 19.3 Å². The highest BCUT2D eigenvalue weighted by Gasteiger charge is 2.30. The molecule has 0 heterocycles. The minimum atomic E-state index is -4.96. The Hall–Kier alpha value is -1.94. The number of carbonyl (C=O) groups excluding carboxylic acids is 4. The van der Waals surface area contributed by atoms with E-state index in [1.807, 2.05) is 0 Å². The van der Waals surface area contributed by atoms with Crippen LogP contribution < -0.4 is 0 Å². The van der Waals surface area contributed by atoms with Crippen LogP contribution in [0.2, 0.25) is 0 Å². The minimum Gasteiger partial charge on any atom is -0.462 e. The number of hydrogen-bond acceptors (Lipinski definition) is 15. The molecule has 0 amide bonds. The third-order valence-corrected chi connectivity index (χ3v) is 19.9. The maximum atomic E-state index is 13.1. The van der Waals surface area contributed by atoms with Gasteiger partial charge < -0.3 is 33.8 Å². The highest BCUT2D eigenvalue weighted by atomic mass is 31.2. The molecule has 558 valence electrons. The summed E-state index contributed by atoms with van der Waals surface area (Å²) < 4.78 is 68.5. The fourth-order valence-corrected chi connectivity index (χ4v) is 12.9. The van der Waals surface area contributed by atoms with E-state index in [4.69, 9.17) is 37.0 Å². The second-order valence-electron chi connectivity index (χ2n) is 28.5. The first-order valence-electron chi connectivity index (χ1n) is 38.8. The zero-order chi connectivity index (χ0) is 69.6. The number of phosphoric ester groups is 2. The number of esters is 4. The zero-order valence-corrected chi connectivity index (χ0v) is 63.4. The molecule has 7 atom stereocenters. The lowest BCUT2D eigenvalue weighted by molar-refractivity contribution is -0.161. The molecule has 0 saturated carbocycles. The largest absolute Gasteiger partial charge is 0.472 e. The summed E-state index contributed by atoms with van der Waals surface area (Å²) in [5.74, 6) is 0.955. The third kappa shape index (κ3) is 66.0. The maximum Gasteiger partial charge on any atom is 0.472 e. The van der Waals surface area contributed by atoms with Crippen LogP contribution in [0, 0.1) is 23.7 Å². The molecule has 94 heavy (non-hydrogen) atoms. The molecular formula is C75H146O17P2. The van der Waals surface area contributed by atoms with Crippen LogP contribution in [0.3, 0.4) is 0 Å². The van der Waals surface area contributed by atoms with Crippen molar-refractivity contribution in [1.29, 1.82) is 0 Å². The average Bonchev–Trinajstić information content (AvgIpc) is 1.24. The molecule has 0 aromatic heterocycles. The van der Waals surface area contributed by atoms with Crippen molar-refractivity contribution in [3.8, 4) is 0 Å². The van der Waals surface area contributed by atoms with Gasteiger partial charge in [0.2, 0.25) is 0 Å². The van der Waals surface area contributed by atoms with E-state index in [2.05, 4.69) is 55.4 Å². The molecule has 0 aliphatic rings. The second kappa shape index (κ2) is 64.4. The minimum absolute atomic E-state index is 0.106. The third-order valence-electron chi connectivity index (χ3n) is 18.0. The number of unbranched alkanes of at least 4 members (excludes halogenated alkanes) is 36. The van der Waals surface area contributed by atoms with Gasteiger partial charge in [0.05, 0.1) is 26.4 Å². The van der Waals surface area contributed by atoms with Gasteiger partial charge in [-0.2, -0.15) is 0 Å². The van der Waals surface area contributed by atoms with Crippen LogP contribution >= 0.6 is 15.6 Å². The Labute approximate surface area is 575 Å². The van der Waals surface area contributed by atoms with Crippen molar-refractivity contribution in [2.45, 2.75) is 395 Å².